The molecule has 116 valence electrons. The van der Waals surface area contributed by atoms with Gasteiger partial charge in [-0.3, -0.25) is 4.79 Å². The minimum Gasteiger partial charge on any atom is -0.497 e. The number of carbonyl (C=O) groups is 1. The second-order valence-corrected chi connectivity index (χ2v) is 5.72. The first-order chi connectivity index (χ1) is 10.2. The largest absolute Gasteiger partial charge is 0.497 e. The molecule has 2 N–H and O–H groups in total. The summed E-state index contributed by atoms with van der Waals surface area (Å²) in [5, 5.41) is 6.34. The van der Waals surface area contributed by atoms with Crippen molar-refractivity contribution in [1.29, 1.82) is 0 Å². The number of benzene rings is 1. The molecule has 21 heavy (non-hydrogen) atoms. The van der Waals surface area contributed by atoms with E-state index in [2.05, 4.69) is 17.6 Å². The first-order valence-electron chi connectivity index (χ1n) is 7.90. The molecule has 2 rings (SSSR count). The van der Waals surface area contributed by atoms with Crippen LogP contribution in [-0.4, -0.2) is 25.6 Å². The van der Waals surface area contributed by atoms with Gasteiger partial charge in [-0.25, -0.2) is 0 Å². The highest BCUT2D eigenvalue weighted by Gasteiger charge is 2.23. The van der Waals surface area contributed by atoms with E-state index < -0.39 is 0 Å². The van der Waals surface area contributed by atoms with Gasteiger partial charge in [0, 0.05) is 17.8 Å². The van der Waals surface area contributed by atoms with E-state index in [1.807, 2.05) is 24.3 Å². The molecule has 1 aromatic rings. The summed E-state index contributed by atoms with van der Waals surface area (Å²) < 4.78 is 5.15. The lowest BCUT2D eigenvalue weighted by Crippen LogP contribution is -2.42. The molecule has 0 radical (unpaired) electrons. The number of rotatable bonds is 6. The molecule has 4 heteroatoms. The van der Waals surface area contributed by atoms with Crippen molar-refractivity contribution in [1.82, 2.24) is 5.32 Å². The Labute approximate surface area is 127 Å². The van der Waals surface area contributed by atoms with Gasteiger partial charge in [0.05, 0.1) is 13.7 Å². The summed E-state index contributed by atoms with van der Waals surface area (Å²) >= 11 is 0. The molecule has 1 amide bonds. The summed E-state index contributed by atoms with van der Waals surface area (Å²) in [6, 6.07) is 7.92. The number of ether oxygens (including phenoxy) is 1. The second-order valence-electron chi connectivity index (χ2n) is 5.72. The van der Waals surface area contributed by atoms with Crippen LogP contribution in [0.3, 0.4) is 0 Å². The van der Waals surface area contributed by atoms with Crippen molar-refractivity contribution in [3.8, 4) is 5.75 Å². The molecule has 0 aliphatic heterocycles. The van der Waals surface area contributed by atoms with Gasteiger partial charge in [0.25, 0.3) is 0 Å². The SMILES string of the molecule is CCC1CCCCC1NCC(=O)Nc1cccc(OC)c1. The Kier molecular flexibility index (Phi) is 6.05. The zero-order valence-electron chi connectivity index (χ0n) is 13.0. The van der Waals surface area contributed by atoms with Crippen molar-refractivity contribution in [2.24, 2.45) is 5.92 Å². The van der Waals surface area contributed by atoms with Crippen LogP contribution in [0.25, 0.3) is 0 Å². The molecule has 1 saturated carbocycles. The predicted molar refractivity (Wildman–Crippen MR) is 85.7 cm³/mol. The van der Waals surface area contributed by atoms with E-state index in [0.29, 0.717) is 18.5 Å². The van der Waals surface area contributed by atoms with Gasteiger partial charge >= 0.3 is 0 Å². The van der Waals surface area contributed by atoms with Crippen molar-refractivity contribution in [3.63, 3.8) is 0 Å². The van der Waals surface area contributed by atoms with Crippen LogP contribution in [0, 0.1) is 5.92 Å². The maximum absolute atomic E-state index is 12.0. The number of hydrogen-bond acceptors (Lipinski definition) is 3. The number of anilines is 1. The average molecular weight is 290 g/mol. The fraction of sp³-hybridized carbons (Fsp3) is 0.588. The first-order valence-corrected chi connectivity index (χ1v) is 7.90. The van der Waals surface area contributed by atoms with Gasteiger partial charge in [-0.1, -0.05) is 32.3 Å². The Bertz CT molecular complexity index is 462. The Morgan fingerprint density at radius 3 is 2.90 bits per heavy atom. The Hall–Kier alpha value is -1.55. The summed E-state index contributed by atoms with van der Waals surface area (Å²) in [6.45, 7) is 2.61. The van der Waals surface area contributed by atoms with Crippen LogP contribution in [0.4, 0.5) is 5.69 Å². The van der Waals surface area contributed by atoms with Crippen molar-refractivity contribution < 1.29 is 9.53 Å². The van der Waals surface area contributed by atoms with Crippen molar-refractivity contribution in [3.05, 3.63) is 24.3 Å². The van der Waals surface area contributed by atoms with Gasteiger partial charge in [-0.05, 0) is 30.9 Å². The number of amides is 1. The molecule has 2 atom stereocenters. The third kappa shape index (κ3) is 4.74. The number of methoxy groups -OCH3 is 1. The van der Waals surface area contributed by atoms with E-state index in [1.165, 1.54) is 32.1 Å². The summed E-state index contributed by atoms with van der Waals surface area (Å²) in [5.41, 5.74) is 0.775. The highest BCUT2D eigenvalue weighted by atomic mass is 16.5. The maximum Gasteiger partial charge on any atom is 0.238 e. The topological polar surface area (TPSA) is 50.4 Å². The van der Waals surface area contributed by atoms with Crippen LogP contribution < -0.4 is 15.4 Å². The van der Waals surface area contributed by atoms with Crippen molar-refractivity contribution in [2.45, 2.75) is 45.1 Å². The van der Waals surface area contributed by atoms with Crippen LogP contribution in [0.1, 0.15) is 39.0 Å². The zero-order chi connectivity index (χ0) is 15.1. The molecule has 0 aromatic heterocycles. The van der Waals surface area contributed by atoms with Crippen LogP contribution in [0.2, 0.25) is 0 Å². The minimum atomic E-state index is 0.00341. The zero-order valence-corrected chi connectivity index (χ0v) is 13.0. The molecular weight excluding hydrogens is 264 g/mol. The number of nitrogens with one attached hydrogen (secondary N) is 2. The van der Waals surface area contributed by atoms with Gasteiger partial charge in [0.2, 0.25) is 5.91 Å². The number of carbonyl (C=O) groups excluding carboxylic acids is 1. The average Bonchev–Trinajstić information content (AvgIpc) is 2.53. The third-order valence-electron chi connectivity index (χ3n) is 4.31. The summed E-state index contributed by atoms with van der Waals surface area (Å²) in [7, 11) is 1.62. The molecule has 0 spiro atoms. The van der Waals surface area contributed by atoms with E-state index in [0.717, 1.165) is 11.4 Å². The predicted octanol–water partition coefficient (Wildman–Crippen LogP) is 3.19. The van der Waals surface area contributed by atoms with Crippen LogP contribution in [0.5, 0.6) is 5.75 Å². The molecule has 1 fully saturated rings. The van der Waals surface area contributed by atoms with Crippen LogP contribution in [-0.2, 0) is 4.79 Å². The lowest BCUT2D eigenvalue weighted by Gasteiger charge is -2.31. The van der Waals surface area contributed by atoms with Gasteiger partial charge < -0.3 is 15.4 Å². The molecule has 1 aliphatic carbocycles. The quantitative estimate of drug-likeness (QED) is 0.846. The fourth-order valence-corrected chi connectivity index (χ4v) is 3.09. The highest BCUT2D eigenvalue weighted by molar-refractivity contribution is 5.92. The lowest BCUT2D eigenvalue weighted by molar-refractivity contribution is -0.115. The summed E-state index contributed by atoms with van der Waals surface area (Å²) in [5.74, 6) is 1.46. The van der Waals surface area contributed by atoms with Crippen LogP contribution >= 0.6 is 0 Å². The molecule has 1 aliphatic rings. The van der Waals surface area contributed by atoms with Gasteiger partial charge in [0.1, 0.15) is 5.75 Å². The smallest absolute Gasteiger partial charge is 0.238 e. The summed E-state index contributed by atoms with van der Waals surface area (Å²) in [6.07, 6.45) is 6.25. The Morgan fingerprint density at radius 2 is 2.14 bits per heavy atom. The maximum atomic E-state index is 12.0. The Balaban J connectivity index is 1.81. The monoisotopic (exact) mass is 290 g/mol. The normalized spacial score (nSPS) is 21.8. The van der Waals surface area contributed by atoms with E-state index in [9.17, 15) is 4.79 Å². The molecule has 0 heterocycles. The van der Waals surface area contributed by atoms with Gasteiger partial charge in [-0.2, -0.15) is 0 Å². The van der Waals surface area contributed by atoms with E-state index >= 15 is 0 Å². The highest BCUT2D eigenvalue weighted by Crippen LogP contribution is 2.26. The lowest BCUT2D eigenvalue weighted by atomic mass is 9.83. The van der Waals surface area contributed by atoms with Crippen molar-refractivity contribution in [2.75, 3.05) is 19.0 Å². The second kappa shape index (κ2) is 8.03. The molecule has 1 aromatic carbocycles. The van der Waals surface area contributed by atoms with E-state index in [1.54, 1.807) is 7.11 Å². The standard InChI is InChI=1S/C17H26N2O2/c1-3-13-7-4-5-10-16(13)18-12-17(20)19-14-8-6-9-15(11-14)21-2/h6,8-9,11,13,16,18H,3-5,7,10,12H2,1-2H3,(H,19,20). The van der Waals surface area contributed by atoms with Crippen molar-refractivity contribution >= 4 is 11.6 Å². The van der Waals surface area contributed by atoms with Gasteiger partial charge in [-0.15, -0.1) is 0 Å². The van der Waals surface area contributed by atoms with E-state index in [-0.39, 0.29) is 5.91 Å². The molecule has 4 nitrogen and oxygen atoms in total. The number of hydrogen-bond donors (Lipinski definition) is 2. The first kappa shape index (κ1) is 15.8. The van der Waals surface area contributed by atoms with Crippen LogP contribution in [0.15, 0.2) is 24.3 Å². The molecular formula is C17H26N2O2. The molecule has 0 saturated heterocycles. The molecule has 2 unspecified atom stereocenters. The third-order valence-corrected chi connectivity index (χ3v) is 4.31. The minimum absolute atomic E-state index is 0.00341. The molecule has 0 bridgehead atoms. The Morgan fingerprint density at radius 1 is 1.33 bits per heavy atom. The van der Waals surface area contributed by atoms with E-state index in [4.69, 9.17) is 4.74 Å². The summed E-state index contributed by atoms with van der Waals surface area (Å²) in [4.78, 5) is 12.0. The fourth-order valence-electron chi connectivity index (χ4n) is 3.09. The van der Waals surface area contributed by atoms with Gasteiger partial charge in [0.15, 0.2) is 0 Å².